The summed E-state index contributed by atoms with van der Waals surface area (Å²) in [5, 5.41) is 3.43. The predicted molar refractivity (Wildman–Crippen MR) is 72.4 cm³/mol. The highest BCUT2D eigenvalue weighted by Gasteiger charge is 2.07. The van der Waals surface area contributed by atoms with Gasteiger partial charge in [0.25, 0.3) is 0 Å². The first-order chi connectivity index (χ1) is 8.19. The molecule has 0 bridgehead atoms. The molecule has 0 spiro atoms. The first-order valence-electron chi connectivity index (χ1n) is 6.72. The maximum absolute atomic E-state index is 4.54. The zero-order chi connectivity index (χ0) is 12.7. The number of hydrogen-bond acceptors (Lipinski definition) is 3. The van der Waals surface area contributed by atoms with E-state index in [1.165, 1.54) is 12.0 Å². The van der Waals surface area contributed by atoms with Crippen molar-refractivity contribution < 1.29 is 0 Å². The SMILES string of the molecule is CCCNCCCc1c(C)nc(CC)nc1C. The Labute approximate surface area is 105 Å². The minimum Gasteiger partial charge on any atom is -0.317 e. The molecule has 1 aromatic heterocycles. The van der Waals surface area contributed by atoms with Gasteiger partial charge >= 0.3 is 0 Å². The van der Waals surface area contributed by atoms with E-state index in [0.717, 1.165) is 49.6 Å². The molecule has 3 heteroatoms. The predicted octanol–water partition coefficient (Wildman–Crippen LogP) is 2.59. The summed E-state index contributed by atoms with van der Waals surface area (Å²) >= 11 is 0. The molecule has 17 heavy (non-hydrogen) atoms. The number of nitrogens with one attached hydrogen (secondary N) is 1. The van der Waals surface area contributed by atoms with E-state index < -0.39 is 0 Å². The first kappa shape index (κ1) is 14.1. The number of hydrogen-bond donors (Lipinski definition) is 1. The third kappa shape index (κ3) is 4.43. The summed E-state index contributed by atoms with van der Waals surface area (Å²) in [6.07, 6.45) is 4.36. The van der Waals surface area contributed by atoms with Gasteiger partial charge in [0.2, 0.25) is 0 Å². The molecule has 1 rings (SSSR count). The molecule has 0 aliphatic carbocycles. The first-order valence-corrected chi connectivity index (χ1v) is 6.72. The quantitative estimate of drug-likeness (QED) is 0.738. The lowest BCUT2D eigenvalue weighted by Gasteiger charge is -2.10. The van der Waals surface area contributed by atoms with Gasteiger partial charge in [0, 0.05) is 17.8 Å². The van der Waals surface area contributed by atoms with Crippen LogP contribution in [0.3, 0.4) is 0 Å². The van der Waals surface area contributed by atoms with Gasteiger partial charge in [-0.05, 0) is 51.8 Å². The summed E-state index contributed by atoms with van der Waals surface area (Å²) in [6.45, 7) is 10.7. The molecular weight excluding hydrogens is 210 g/mol. The average Bonchev–Trinajstić information content (AvgIpc) is 2.31. The van der Waals surface area contributed by atoms with E-state index >= 15 is 0 Å². The van der Waals surface area contributed by atoms with Crippen LogP contribution in [0.1, 0.15) is 49.5 Å². The van der Waals surface area contributed by atoms with Crippen LogP contribution in [-0.2, 0) is 12.8 Å². The van der Waals surface area contributed by atoms with Crippen LogP contribution in [0.25, 0.3) is 0 Å². The van der Waals surface area contributed by atoms with Crippen LogP contribution < -0.4 is 5.32 Å². The summed E-state index contributed by atoms with van der Waals surface area (Å²) in [7, 11) is 0. The van der Waals surface area contributed by atoms with Crippen LogP contribution in [0.15, 0.2) is 0 Å². The van der Waals surface area contributed by atoms with E-state index in [0.29, 0.717) is 0 Å². The Hall–Kier alpha value is -0.960. The fraction of sp³-hybridized carbons (Fsp3) is 0.714. The summed E-state index contributed by atoms with van der Waals surface area (Å²) in [6, 6.07) is 0. The molecule has 0 aliphatic heterocycles. The van der Waals surface area contributed by atoms with Crippen molar-refractivity contribution in [2.75, 3.05) is 13.1 Å². The van der Waals surface area contributed by atoms with Crippen molar-refractivity contribution in [3.8, 4) is 0 Å². The third-order valence-electron chi connectivity index (χ3n) is 2.99. The molecule has 0 saturated carbocycles. The Morgan fingerprint density at radius 1 is 1.00 bits per heavy atom. The van der Waals surface area contributed by atoms with E-state index in [-0.39, 0.29) is 0 Å². The van der Waals surface area contributed by atoms with Crippen molar-refractivity contribution in [3.63, 3.8) is 0 Å². The monoisotopic (exact) mass is 235 g/mol. The minimum atomic E-state index is 0.917. The maximum atomic E-state index is 4.54. The molecule has 0 aliphatic rings. The summed E-state index contributed by atoms with van der Waals surface area (Å²) in [5.41, 5.74) is 3.65. The Bertz CT molecular complexity index is 324. The van der Waals surface area contributed by atoms with Crippen LogP contribution in [0.4, 0.5) is 0 Å². The lowest BCUT2D eigenvalue weighted by molar-refractivity contribution is 0.635. The second-order valence-electron chi connectivity index (χ2n) is 4.50. The highest BCUT2D eigenvalue weighted by molar-refractivity contribution is 5.24. The maximum Gasteiger partial charge on any atom is 0.128 e. The van der Waals surface area contributed by atoms with Crippen LogP contribution in [-0.4, -0.2) is 23.1 Å². The van der Waals surface area contributed by atoms with Crippen molar-refractivity contribution in [1.29, 1.82) is 0 Å². The number of nitrogens with zero attached hydrogens (tertiary/aromatic N) is 2. The smallest absolute Gasteiger partial charge is 0.128 e. The number of aryl methyl sites for hydroxylation is 3. The molecule has 0 atom stereocenters. The van der Waals surface area contributed by atoms with Crippen molar-refractivity contribution >= 4 is 0 Å². The van der Waals surface area contributed by atoms with E-state index in [1.54, 1.807) is 0 Å². The topological polar surface area (TPSA) is 37.8 Å². The summed E-state index contributed by atoms with van der Waals surface area (Å²) < 4.78 is 0. The third-order valence-corrected chi connectivity index (χ3v) is 2.99. The lowest BCUT2D eigenvalue weighted by atomic mass is 10.1. The molecule has 1 N–H and O–H groups in total. The molecule has 1 aromatic rings. The van der Waals surface area contributed by atoms with Gasteiger partial charge in [-0.1, -0.05) is 13.8 Å². The highest BCUT2D eigenvalue weighted by atomic mass is 14.9. The van der Waals surface area contributed by atoms with Crippen molar-refractivity contribution in [1.82, 2.24) is 15.3 Å². The van der Waals surface area contributed by atoms with Crippen LogP contribution in [0.2, 0.25) is 0 Å². The summed E-state index contributed by atoms with van der Waals surface area (Å²) in [4.78, 5) is 9.07. The fourth-order valence-corrected chi connectivity index (χ4v) is 2.02. The number of rotatable bonds is 7. The van der Waals surface area contributed by atoms with Gasteiger partial charge in [-0.15, -0.1) is 0 Å². The largest absolute Gasteiger partial charge is 0.317 e. The molecule has 3 nitrogen and oxygen atoms in total. The molecule has 96 valence electrons. The molecule has 0 fully saturated rings. The van der Waals surface area contributed by atoms with Gasteiger partial charge in [-0.3, -0.25) is 0 Å². The highest BCUT2D eigenvalue weighted by Crippen LogP contribution is 2.12. The number of aromatic nitrogens is 2. The van der Waals surface area contributed by atoms with Gasteiger partial charge in [0.05, 0.1) is 0 Å². The Morgan fingerprint density at radius 2 is 1.65 bits per heavy atom. The molecular formula is C14H25N3. The normalized spacial score (nSPS) is 10.8. The van der Waals surface area contributed by atoms with Gasteiger partial charge in [-0.25, -0.2) is 9.97 Å². The molecule has 0 radical (unpaired) electrons. The van der Waals surface area contributed by atoms with Gasteiger partial charge in [0.15, 0.2) is 0 Å². The minimum absolute atomic E-state index is 0.917. The second kappa shape index (κ2) is 7.38. The van der Waals surface area contributed by atoms with Crippen LogP contribution in [0.5, 0.6) is 0 Å². The lowest BCUT2D eigenvalue weighted by Crippen LogP contribution is -2.17. The summed E-state index contributed by atoms with van der Waals surface area (Å²) in [5.74, 6) is 0.966. The van der Waals surface area contributed by atoms with Gasteiger partial charge in [-0.2, -0.15) is 0 Å². The molecule has 0 aromatic carbocycles. The van der Waals surface area contributed by atoms with E-state index in [4.69, 9.17) is 0 Å². The van der Waals surface area contributed by atoms with Gasteiger partial charge < -0.3 is 5.32 Å². The van der Waals surface area contributed by atoms with Crippen molar-refractivity contribution in [2.45, 2.75) is 53.4 Å². The second-order valence-corrected chi connectivity index (χ2v) is 4.50. The van der Waals surface area contributed by atoms with E-state index in [2.05, 4.69) is 43.0 Å². The zero-order valence-electron chi connectivity index (χ0n) is 11.6. The van der Waals surface area contributed by atoms with E-state index in [9.17, 15) is 0 Å². The fourth-order valence-electron chi connectivity index (χ4n) is 2.02. The Kier molecular flexibility index (Phi) is 6.12. The molecule has 0 unspecified atom stereocenters. The van der Waals surface area contributed by atoms with Crippen molar-refractivity contribution in [3.05, 3.63) is 22.8 Å². The van der Waals surface area contributed by atoms with E-state index in [1.807, 2.05) is 0 Å². The van der Waals surface area contributed by atoms with Crippen LogP contribution >= 0.6 is 0 Å². The molecule has 0 amide bonds. The average molecular weight is 235 g/mol. The van der Waals surface area contributed by atoms with Crippen molar-refractivity contribution in [2.24, 2.45) is 0 Å². The molecule has 0 saturated heterocycles. The van der Waals surface area contributed by atoms with Crippen LogP contribution in [0, 0.1) is 13.8 Å². The Balaban J connectivity index is 2.53. The van der Waals surface area contributed by atoms with Gasteiger partial charge in [0.1, 0.15) is 5.82 Å². The Morgan fingerprint density at radius 3 is 2.18 bits per heavy atom. The zero-order valence-corrected chi connectivity index (χ0v) is 11.6. The standard InChI is InChI=1S/C14H25N3/c1-5-9-15-10-7-8-13-11(3)16-14(6-2)17-12(13)4/h15H,5-10H2,1-4H3. The molecule has 1 heterocycles.